The predicted octanol–water partition coefficient (Wildman–Crippen LogP) is 2.93. The van der Waals surface area contributed by atoms with Gasteiger partial charge < -0.3 is 10.0 Å². The molecule has 1 aliphatic heterocycles. The Bertz CT molecular complexity index is 695. The lowest BCUT2D eigenvalue weighted by Crippen LogP contribution is -2.30. The molecule has 6 nitrogen and oxygen atoms in total. The van der Waals surface area contributed by atoms with E-state index in [1.165, 1.54) is 19.3 Å². The zero-order valence-corrected chi connectivity index (χ0v) is 13.2. The van der Waals surface area contributed by atoms with Crippen LogP contribution in [0.4, 0.5) is 11.6 Å². The number of para-hydroxylation sites is 1. The van der Waals surface area contributed by atoms with E-state index >= 15 is 0 Å². The van der Waals surface area contributed by atoms with E-state index in [1.54, 1.807) is 24.4 Å². The van der Waals surface area contributed by atoms with Gasteiger partial charge >= 0.3 is 0 Å². The van der Waals surface area contributed by atoms with Gasteiger partial charge in [0.1, 0.15) is 17.4 Å². The van der Waals surface area contributed by atoms with Gasteiger partial charge in [0.2, 0.25) is 0 Å². The Morgan fingerprint density at radius 1 is 1.17 bits per heavy atom. The number of phenolic OH excluding ortho intramolecular Hbond substituents is 1. The number of piperidine rings is 1. The van der Waals surface area contributed by atoms with Crippen LogP contribution in [0.15, 0.2) is 35.4 Å². The van der Waals surface area contributed by atoms with Crippen LogP contribution in [0, 0.1) is 6.92 Å². The first-order valence-electron chi connectivity index (χ1n) is 7.90. The summed E-state index contributed by atoms with van der Waals surface area (Å²) in [5.41, 5.74) is 3.58. The summed E-state index contributed by atoms with van der Waals surface area (Å²) in [6.45, 7) is 3.96. The average molecular weight is 311 g/mol. The molecule has 120 valence electrons. The standard InChI is InChI=1S/C17H21N5O/c1-13-19-16(11-17(20-13)22-9-5-2-6-10-22)21-18-12-14-7-3-4-8-15(14)23/h3-4,7-8,11-12,23H,2,5-6,9-10H2,1H3,(H,19,20,21)/b18-12+. The van der Waals surface area contributed by atoms with E-state index < -0.39 is 0 Å². The van der Waals surface area contributed by atoms with Gasteiger partial charge in [-0.2, -0.15) is 5.10 Å². The quantitative estimate of drug-likeness (QED) is 0.671. The number of rotatable bonds is 4. The number of hydrazone groups is 1. The van der Waals surface area contributed by atoms with E-state index in [4.69, 9.17) is 0 Å². The van der Waals surface area contributed by atoms with Crippen molar-refractivity contribution in [3.05, 3.63) is 41.7 Å². The van der Waals surface area contributed by atoms with Gasteiger partial charge in [-0.25, -0.2) is 9.97 Å². The third-order valence-electron chi connectivity index (χ3n) is 3.82. The second-order valence-electron chi connectivity index (χ2n) is 5.64. The number of aryl methyl sites for hydroxylation is 1. The number of phenols is 1. The Hall–Kier alpha value is -2.63. The van der Waals surface area contributed by atoms with E-state index in [0.29, 0.717) is 17.2 Å². The smallest absolute Gasteiger partial charge is 0.152 e. The van der Waals surface area contributed by atoms with E-state index in [1.807, 2.05) is 19.1 Å². The Labute approximate surface area is 135 Å². The normalized spacial score (nSPS) is 15.1. The zero-order valence-electron chi connectivity index (χ0n) is 13.2. The SMILES string of the molecule is Cc1nc(N/N=C/c2ccccc2O)cc(N2CCCCC2)n1. The fourth-order valence-electron chi connectivity index (χ4n) is 2.66. The lowest BCUT2D eigenvalue weighted by atomic mass is 10.1. The molecule has 23 heavy (non-hydrogen) atoms. The fourth-order valence-corrected chi connectivity index (χ4v) is 2.66. The van der Waals surface area contributed by atoms with Crippen LogP contribution in [0.5, 0.6) is 5.75 Å². The second-order valence-corrected chi connectivity index (χ2v) is 5.64. The van der Waals surface area contributed by atoms with Gasteiger partial charge in [-0.15, -0.1) is 0 Å². The highest BCUT2D eigenvalue weighted by atomic mass is 16.3. The fraction of sp³-hybridized carbons (Fsp3) is 0.353. The molecule has 0 radical (unpaired) electrons. The molecule has 6 heteroatoms. The minimum atomic E-state index is 0.200. The largest absolute Gasteiger partial charge is 0.507 e. The molecule has 2 N–H and O–H groups in total. The molecule has 0 atom stereocenters. The highest BCUT2D eigenvalue weighted by molar-refractivity contribution is 5.83. The lowest BCUT2D eigenvalue weighted by Gasteiger charge is -2.27. The van der Waals surface area contributed by atoms with Crippen molar-refractivity contribution in [3.8, 4) is 5.75 Å². The minimum Gasteiger partial charge on any atom is -0.507 e. The molecule has 2 aromatic rings. The van der Waals surface area contributed by atoms with Crippen LogP contribution in [-0.4, -0.2) is 34.4 Å². The van der Waals surface area contributed by atoms with Gasteiger partial charge in [-0.05, 0) is 38.3 Å². The van der Waals surface area contributed by atoms with Gasteiger partial charge in [0, 0.05) is 24.7 Å². The number of anilines is 2. The Morgan fingerprint density at radius 3 is 2.74 bits per heavy atom. The summed E-state index contributed by atoms with van der Waals surface area (Å²) in [5.74, 6) is 2.52. The summed E-state index contributed by atoms with van der Waals surface area (Å²) in [5, 5.41) is 13.9. The summed E-state index contributed by atoms with van der Waals surface area (Å²) >= 11 is 0. The second kappa shape index (κ2) is 7.09. The lowest BCUT2D eigenvalue weighted by molar-refractivity contribution is 0.474. The van der Waals surface area contributed by atoms with Gasteiger partial charge in [0.05, 0.1) is 6.21 Å². The van der Waals surface area contributed by atoms with Gasteiger partial charge in [-0.1, -0.05) is 12.1 Å². The summed E-state index contributed by atoms with van der Waals surface area (Å²) in [6.07, 6.45) is 5.28. The monoisotopic (exact) mass is 311 g/mol. The van der Waals surface area contributed by atoms with E-state index in [9.17, 15) is 5.11 Å². The number of hydrogen-bond acceptors (Lipinski definition) is 6. The first-order chi connectivity index (χ1) is 11.2. The predicted molar refractivity (Wildman–Crippen MR) is 92.2 cm³/mol. The number of hydrogen-bond donors (Lipinski definition) is 2. The van der Waals surface area contributed by atoms with Crippen molar-refractivity contribution in [1.82, 2.24) is 9.97 Å². The average Bonchev–Trinajstić information content (AvgIpc) is 2.57. The maximum absolute atomic E-state index is 9.71. The topological polar surface area (TPSA) is 73.6 Å². The molecular weight excluding hydrogens is 290 g/mol. The van der Waals surface area contributed by atoms with Crippen LogP contribution in [0.3, 0.4) is 0 Å². The van der Waals surface area contributed by atoms with Gasteiger partial charge in [0.25, 0.3) is 0 Å². The van der Waals surface area contributed by atoms with Crippen molar-refractivity contribution < 1.29 is 5.11 Å². The highest BCUT2D eigenvalue weighted by Gasteiger charge is 2.13. The Kier molecular flexibility index (Phi) is 4.71. The first kappa shape index (κ1) is 15.3. The molecular formula is C17H21N5O. The molecule has 1 saturated heterocycles. The van der Waals surface area contributed by atoms with Crippen molar-refractivity contribution in [3.63, 3.8) is 0 Å². The first-order valence-corrected chi connectivity index (χ1v) is 7.90. The molecule has 0 aliphatic carbocycles. The maximum atomic E-state index is 9.71. The third-order valence-corrected chi connectivity index (χ3v) is 3.82. The molecule has 1 aliphatic rings. The summed E-state index contributed by atoms with van der Waals surface area (Å²) in [4.78, 5) is 11.2. The van der Waals surface area contributed by atoms with Crippen molar-refractivity contribution in [2.45, 2.75) is 26.2 Å². The highest BCUT2D eigenvalue weighted by Crippen LogP contribution is 2.20. The van der Waals surface area contributed by atoms with Crippen LogP contribution in [0.2, 0.25) is 0 Å². The van der Waals surface area contributed by atoms with Crippen molar-refractivity contribution in [2.75, 3.05) is 23.4 Å². The van der Waals surface area contributed by atoms with Crippen molar-refractivity contribution >= 4 is 17.9 Å². The number of aromatic nitrogens is 2. The molecule has 0 bridgehead atoms. The molecule has 3 rings (SSSR count). The number of benzene rings is 1. The molecule has 0 unspecified atom stereocenters. The number of aromatic hydroxyl groups is 1. The van der Waals surface area contributed by atoms with Crippen LogP contribution in [0.1, 0.15) is 30.7 Å². The number of nitrogens with zero attached hydrogens (tertiary/aromatic N) is 4. The third kappa shape index (κ3) is 3.97. The van der Waals surface area contributed by atoms with E-state index in [0.717, 1.165) is 18.9 Å². The van der Waals surface area contributed by atoms with Crippen LogP contribution >= 0.6 is 0 Å². The summed E-state index contributed by atoms with van der Waals surface area (Å²) in [6, 6.07) is 8.97. The molecule has 0 amide bonds. The summed E-state index contributed by atoms with van der Waals surface area (Å²) < 4.78 is 0. The molecule has 2 heterocycles. The van der Waals surface area contributed by atoms with Crippen molar-refractivity contribution in [1.29, 1.82) is 0 Å². The summed E-state index contributed by atoms with van der Waals surface area (Å²) in [7, 11) is 0. The Balaban J connectivity index is 1.72. The van der Waals surface area contributed by atoms with Crippen molar-refractivity contribution in [2.24, 2.45) is 5.10 Å². The van der Waals surface area contributed by atoms with Gasteiger partial charge in [-0.3, -0.25) is 5.43 Å². The minimum absolute atomic E-state index is 0.200. The molecule has 0 spiro atoms. The molecule has 1 aromatic carbocycles. The number of nitrogens with one attached hydrogen (secondary N) is 1. The molecule has 1 aromatic heterocycles. The zero-order chi connectivity index (χ0) is 16.1. The van der Waals surface area contributed by atoms with Crippen LogP contribution in [0.25, 0.3) is 0 Å². The van der Waals surface area contributed by atoms with Crippen LogP contribution < -0.4 is 10.3 Å². The molecule has 0 saturated carbocycles. The van der Waals surface area contributed by atoms with Crippen LogP contribution in [-0.2, 0) is 0 Å². The Morgan fingerprint density at radius 2 is 1.96 bits per heavy atom. The maximum Gasteiger partial charge on any atom is 0.152 e. The van der Waals surface area contributed by atoms with Gasteiger partial charge in [0.15, 0.2) is 5.82 Å². The van der Waals surface area contributed by atoms with E-state index in [-0.39, 0.29) is 5.75 Å². The van der Waals surface area contributed by atoms with E-state index in [2.05, 4.69) is 25.4 Å². The molecule has 1 fully saturated rings.